The molecule has 0 radical (unpaired) electrons. The van der Waals surface area contributed by atoms with Gasteiger partial charge in [0.15, 0.2) is 0 Å². The number of halogens is 2. The van der Waals surface area contributed by atoms with Gasteiger partial charge in [-0.15, -0.1) is 11.6 Å². The summed E-state index contributed by atoms with van der Waals surface area (Å²) in [5.74, 6) is 0. The van der Waals surface area contributed by atoms with Crippen molar-refractivity contribution in [1.82, 2.24) is 0 Å². The third-order valence-electron chi connectivity index (χ3n) is 11.9. The van der Waals surface area contributed by atoms with Crippen molar-refractivity contribution in [2.45, 2.75) is 132 Å². The molecule has 0 aliphatic heterocycles. The van der Waals surface area contributed by atoms with E-state index < -0.39 is 0 Å². The standard InChI is InChI=1S/C31H37.C15H14.C10H15.2ClH.Zr/c1-28(2,3)26-16-30(7,8)24-12-18-11-19-13-25-23(15-21(19)20(18)14-22(24)26)27(29(4,5)6)17-31(25,9)10;1-3-8-14(9-4-1)12-7-13-15-10-5-2-6-11-15;1-8-5-6-9(7-8)10(2,3)4;;;/h12-16H,11H2,1-10H3;1-6,8-11H,12-13H2;5-7H,1-4H3;2*1H;/q-1;;-1;;;+2/p-2. The summed E-state index contributed by atoms with van der Waals surface area (Å²) in [4.78, 5) is 0. The second kappa shape index (κ2) is 18.2. The van der Waals surface area contributed by atoms with Crippen LogP contribution in [-0.4, -0.2) is 3.21 Å². The monoisotopic (exact) mass is 898 g/mol. The second-order valence-corrected chi connectivity index (χ2v) is 22.8. The first-order valence-corrected chi connectivity index (χ1v) is 22.3. The van der Waals surface area contributed by atoms with Crippen LogP contribution in [0, 0.1) is 23.8 Å². The zero-order chi connectivity index (χ0) is 41.7. The van der Waals surface area contributed by atoms with Crippen LogP contribution < -0.4 is 24.8 Å². The Kier molecular flexibility index (Phi) is 15.0. The van der Waals surface area contributed by atoms with Crippen LogP contribution in [0.3, 0.4) is 0 Å². The molecule has 0 heterocycles. The summed E-state index contributed by atoms with van der Waals surface area (Å²) < 4.78 is 1.60. The van der Waals surface area contributed by atoms with Gasteiger partial charge in [0.25, 0.3) is 0 Å². The minimum absolute atomic E-state index is 0. The maximum atomic E-state index is 3.85. The van der Waals surface area contributed by atoms with Crippen molar-refractivity contribution in [3.8, 4) is 11.1 Å². The summed E-state index contributed by atoms with van der Waals surface area (Å²) in [5.41, 5.74) is 20.9. The van der Waals surface area contributed by atoms with Crippen LogP contribution in [0.4, 0.5) is 0 Å². The van der Waals surface area contributed by atoms with E-state index in [4.69, 9.17) is 0 Å². The molecular formula is C56H66Cl2Zr-2. The second-order valence-electron chi connectivity index (χ2n) is 21.0. The fourth-order valence-corrected chi connectivity index (χ4v) is 9.72. The Labute approximate surface area is 385 Å². The molecule has 5 aromatic rings. The first-order chi connectivity index (χ1) is 26.4. The van der Waals surface area contributed by atoms with E-state index in [1.54, 1.807) is 27.4 Å². The van der Waals surface area contributed by atoms with E-state index in [-0.39, 0.29) is 46.5 Å². The Morgan fingerprint density at radius 1 is 0.627 bits per heavy atom. The van der Waals surface area contributed by atoms with Gasteiger partial charge in [-0.1, -0.05) is 126 Å². The predicted octanol–water partition coefficient (Wildman–Crippen LogP) is 8.71. The summed E-state index contributed by atoms with van der Waals surface area (Å²) in [5, 5.41) is 0. The van der Waals surface area contributed by atoms with Crippen molar-refractivity contribution in [2.24, 2.45) is 10.8 Å². The first-order valence-electron chi connectivity index (χ1n) is 21.1. The average molecular weight is 901 g/mol. The van der Waals surface area contributed by atoms with Gasteiger partial charge in [-0.05, 0) is 62.3 Å². The van der Waals surface area contributed by atoms with Crippen molar-refractivity contribution in [1.29, 1.82) is 0 Å². The minimum atomic E-state index is -0.0202. The first kappa shape index (κ1) is 48.7. The van der Waals surface area contributed by atoms with Gasteiger partial charge in [0.05, 0.1) is 0 Å². The van der Waals surface area contributed by atoms with Crippen molar-refractivity contribution in [3.05, 3.63) is 171 Å². The van der Waals surface area contributed by atoms with E-state index in [0.29, 0.717) is 5.41 Å². The van der Waals surface area contributed by atoms with Crippen molar-refractivity contribution in [3.63, 3.8) is 0 Å². The molecule has 3 heteroatoms. The summed E-state index contributed by atoms with van der Waals surface area (Å²) in [6, 6.07) is 38.0. The van der Waals surface area contributed by atoms with Crippen LogP contribution in [0.5, 0.6) is 0 Å². The van der Waals surface area contributed by atoms with Crippen molar-refractivity contribution < 1.29 is 49.0 Å². The molecule has 0 unspecified atom stereocenters. The van der Waals surface area contributed by atoms with E-state index in [1.807, 2.05) is 0 Å². The molecule has 5 aromatic carbocycles. The molecule has 8 rings (SSSR count). The van der Waals surface area contributed by atoms with E-state index in [0.717, 1.165) is 19.3 Å². The predicted molar refractivity (Wildman–Crippen MR) is 245 cm³/mol. The Bertz CT molecular complexity index is 2190. The van der Waals surface area contributed by atoms with Gasteiger partial charge in [0, 0.05) is 5.41 Å². The van der Waals surface area contributed by atoms with E-state index in [1.165, 1.54) is 77.9 Å². The van der Waals surface area contributed by atoms with Gasteiger partial charge in [0.2, 0.25) is 0 Å². The van der Waals surface area contributed by atoms with Gasteiger partial charge in [-0.3, -0.25) is 6.08 Å². The molecule has 0 spiro atoms. The van der Waals surface area contributed by atoms with Crippen LogP contribution in [0.2, 0.25) is 0 Å². The number of benzene rings is 4. The van der Waals surface area contributed by atoms with Gasteiger partial charge in [-0.25, -0.2) is 11.6 Å². The number of allylic oxidation sites excluding steroid dienone is 4. The summed E-state index contributed by atoms with van der Waals surface area (Å²) in [6.45, 7) is 32.2. The van der Waals surface area contributed by atoms with Crippen molar-refractivity contribution in [2.75, 3.05) is 0 Å². The van der Waals surface area contributed by atoms with Gasteiger partial charge in [0.1, 0.15) is 0 Å². The molecule has 0 N–H and O–H groups in total. The van der Waals surface area contributed by atoms with E-state index in [2.05, 4.69) is 212 Å². The zero-order valence-corrected chi connectivity index (χ0v) is 42.2. The molecule has 0 amide bonds. The molecule has 0 fully saturated rings. The summed E-state index contributed by atoms with van der Waals surface area (Å²) in [6.07, 6.45) is 9.64. The number of rotatable bonds is 4. The fraction of sp³-hybridized carbons (Fsp3) is 0.393. The van der Waals surface area contributed by atoms with Gasteiger partial charge < -0.3 is 24.8 Å². The molecule has 310 valence electrons. The molecular weight excluding hydrogens is 835 g/mol. The van der Waals surface area contributed by atoms with Crippen LogP contribution >= 0.6 is 0 Å². The SMILES string of the molecule is CC(C)(C)C1=[C-]C(C)(C)c2cc3c(cc21)-c1cc2c(cc1C3)C(C)(C)C=C2C(C)(C)C.Cc1cc(C(C)(C)C)c[cH-]1.[Cl-].[Cl-].[Zr+2]=[C](Cc1ccccc1)Cc1ccccc1. The quantitative estimate of drug-likeness (QED) is 0.156. The van der Waals surface area contributed by atoms with Gasteiger partial charge >= 0.3 is 112 Å². The molecule has 3 aliphatic rings. The Morgan fingerprint density at radius 2 is 1.12 bits per heavy atom. The maximum absolute atomic E-state index is 3.85. The number of hydrogen-bond acceptors (Lipinski definition) is 0. The average Bonchev–Trinajstić information content (AvgIpc) is 3.85. The Balaban J connectivity index is 0.000000229. The van der Waals surface area contributed by atoms with E-state index >= 15 is 0 Å². The van der Waals surface area contributed by atoms with Gasteiger partial charge in [-0.2, -0.15) is 28.8 Å². The molecule has 0 aromatic heterocycles. The van der Waals surface area contributed by atoms with Crippen molar-refractivity contribution >= 4 is 14.4 Å². The molecule has 0 atom stereocenters. The van der Waals surface area contributed by atoms with Crippen LogP contribution in [0.25, 0.3) is 22.3 Å². The number of hydrogen-bond donors (Lipinski definition) is 0. The van der Waals surface area contributed by atoms with Crippen LogP contribution in [-0.2, 0) is 59.7 Å². The van der Waals surface area contributed by atoms with E-state index in [9.17, 15) is 0 Å². The zero-order valence-electron chi connectivity index (χ0n) is 38.3. The number of fused-ring (bicyclic) bond motifs is 5. The summed E-state index contributed by atoms with van der Waals surface area (Å²) >= 11 is 1.55. The normalized spacial score (nSPS) is 15.3. The summed E-state index contributed by atoms with van der Waals surface area (Å²) in [7, 11) is 0. The molecule has 0 saturated carbocycles. The molecule has 0 bridgehead atoms. The van der Waals surface area contributed by atoms with Crippen LogP contribution in [0.1, 0.15) is 146 Å². The fourth-order valence-electron chi connectivity index (χ4n) is 8.72. The Hall–Kier alpha value is -2.96. The molecule has 59 heavy (non-hydrogen) atoms. The number of aryl methyl sites for hydroxylation is 1. The molecule has 3 aliphatic carbocycles. The van der Waals surface area contributed by atoms with Crippen LogP contribution in [0.15, 0.2) is 109 Å². The topological polar surface area (TPSA) is 0 Å². The molecule has 0 saturated heterocycles. The third-order valence-corrected chi connectivity index (χ3v) is 12.8. The third kappa shape index (κ3) is 11.1. The Morgan fingerprint density at radius 3 is 1.54 bits per heavy atom. The molecule has 0 nitrogen and oxygen atoms in total.